The van der Waals surface area contributed by atoms with Crippen LogP contribution in [-0.4, -0.2) is 5.33 Å². The summed E-state index contributed by atoms with van der Waals surface area (Å²) >= 11 is 3.42. The Balaban J connectivity index is 0. The predicted molar refractivity (Wildman–Crippen MR) is 54.4 cm³/mol. The van der Waals surface area contributed by atoms with E-state index in [0.29, 0.717) is 0 Å². The molecule has 0 bridgehead atoms. The fourth-order valence-corrected chi connectivity index (χ4v) is 1.27. The third-order valence-corrected chi connectivity index (χ3v) is 2.05. The first kappa shape index (κ1) is 13.4. The molecule has 0 fully saturated rings. The van der Waals surface area contributed by atoms with Gasteiger partial charge in [-0.1, -0.05) is 55.0 Å². The number of hydrogen-bond acceptors (Lipinski definition) is 0. The van der Waals surface area contributed by atoms with Crippen molar-refractivity contribution in [1.82, 2.24) is 0 Å². The normalized spacial score (nSPS) is 9.00. The zero-order chi connectivity index (χ0) is 6.95. The Kier molecular flexibility index (Phi) is 16.6. The second kappa shape index (κ2) is 12.4. The van der Waals surface area contributed by atoms with Gasteiger partial charge in [-0.2, -0.15) is 0 Å². The number of unbranched alkanes of at least 4 members (excludes halogenated alkanes) is 5. The number of alkyl halides is 1. The van der Waals surface area contributed by atoms with Crippen LogP contribution in [0.15, 0.2) is 0 Å². The fourth-order valence-electron chi connectivity index (χ4n) is 0.875. The van der Waals surface area contributed by atoms with Gasteiger partial charge in [0, 0.05) is 5.33 Å². The van der Waals surface area contributed by atoms with E-state index in [0.717, 1.165) is 0 Å². The summed E-state index contributed by atoms with van der Waals surface area (Å²) in [4.78, 5) is 0. The summed E-state index contributed by atoms with van der Waals surface area (Å²) in [7, 11) is 0. The molecule has 2 heteroatoms. The lowest BCUT2D eigenvalue weighted by molar-refractivity contribution is 0.628. The predicted octanol–water partition coefficient (Wildman–Crippen LogP) is 4.16. The average Bonchev–Trinajstić information content (AvgIpc) is 1.89. The van der Waals surface area contributed by atoms with Crippen molar-refractivity contribution in [2.45, 2.75) is 45.4 Å². The summed E-state index contributed by atoms with van der Waals surface area (Å²) in [6.07, 6.45) is 8.40. The lowest BCUT2D eigenvalue weighted by Crippen LogP contribution is -1.78. The molecule has 0 rings (SSSR count). The van der Waals surface area contributed by atoms with E-state index in [9.17, 15) is 0 Å². The molecule has 0 aliphatic rings. The third-order valence-electron chi connectivity index (χ3n) is 1.49. The number of hydrogen-bond donors (Lipinski definition) is 0. The second-order valence-corrected chi connectivity index (χ2v) is 3.25. The molecule has 0 nitrogen and oxygen atoms in total. The summed E-state index contributed by atoms with van der Waals surface area (Å²) in [5.41, 5.74) is 0. The smallest absolute Gasteiger partial charge is 0.00313 e. The number of rotatable bonds is 6. The average molecular weight is 230 g/mol. The summed E-state index contributed by atoms with van der Waals surface area (Å²) in [5, 5.41) is 1.18. The van der Waals surface area contributed by atoms with Gasteiger partial charge in [0.05, 0.1) is 0 Å². The Morgan fingerprint density at radius 3 is 1.90 bits per heavy atom. The molecule has 0 aliphatic carbocycles. The highest BCUT2D eigenvalue weighted by atomic mass is 79.9. The van der Waals surface area contributed by atoms with Crippen LogP contribution in [0.2, 0.25) is 0 Å². The highest BCUT2D eigenvalue weighted by Gasteiger charge is 1.86. The summed E-state index contributed by atoms with van der Waals surface area (Å²) in [6.45, 7) is 2.25. The first-order valence-corrected chi connectivity index (χ1v) is 5.10. The molecular weight excluding hydrogens is 211 g/mol. The molecule has 64 valence electrons. The molecule has 0 aromatic heterocycles. The standard InChI is InChI=1S/C8H17Br.ClH/c1-2-3-4-5-6-7-8-9;/h2-8H2,1H3;1H. The third kappa shape index (κ3) is 11.6. The minimum atomic E-state index is 0. The van der Waals surface area contributed by atoms with Gasteiger partial charge in [0.2, 0.25) is 0 Å². The molecule has 0 N–H and O–H groups in total. The minimum Gasteiger partial charge on any atom is -0.147 e. The van der Waals surface area contributed by atoms with Crippen LogP contribution in [0.3, 0.4) is 0 Å². The van der Waals surface area contributed by atoms with E-state index in [-0.39, 0.29) is 12.4 Å². The van der Waals surface area contributed by atoms with Crippen LogP contribution >= 0.6 is 28.3 Å². The quantitative estimate of drug-likeness (QED) is 0.474. The molecule has 0 amide bonds. The van der Waals surface area contributed by atoms with Crippen molar-refractivity contribution in [3.8, 4) is 0 Å². The van der Waals surface area contributed by atoms with Gasteiger partial charge in [0.15, 0.2) is 0 Å². The van der Waals surface area contributed by atoms with Crippen molar-refractivity contribution < 1.29 is 0 Å². The molecule has 0 heterocycles. The summed E-state index contributed by atoms with van der Waals surface area (Å²) in [5.74, 6) is 0. The maximum Gasteiger partial charge on any atom is 0.00313 e. The molecule has 0 aromatic rings. The van der Waals surface area contributed by atoms with Gasteiger partial charge >= 0.3 is 0 Å². The molecule has 0 unspecified atom stereocenters. The van der Waals surface area contributed by atoms with Gasteiger partial charge < -0.3 is 0 Å². The maximum absolute atomic E-state index is 3.42. The van der Waals surface area contributed by atoms with Gasteiger partial charge in [-0.25, -0.2) is 0 Å². The van der Waals surface area contributed by atoms with Crippen molar-refractivity contribution in [3.05, 3.63) is 0 Å². The topological polar surface area (TPSA) is 0 Å². The minimum absolute atomic E-state index is 0. The van der Waals surface area contributed by atoms with Gasteiger partial charge in [0.25, 0.3) is 0 Å². The van der Waals surface area contributed by atoms with E-state index in [4.69, 9.17) is 0 Å². The van der Waals surface area contributed by atoms with Gasteiger partial charge in [0.1, 0.15) is 0 Å². The molecule has 0 saturated heterocycles. The highest BCUT2D eigenvalue weighted by Crippen LogP contribution is 2.05. The van der Waals surface area contributed by atoms with E-state index in [1.165, 1.54) is 43.9 Å². The Morgan fingerprint density at radius 1 is 0.900 bits per heavy atom. The first-order valence-electron chi connectivity index (χ1n) is 3.97. The Morgan fingerprint density at radius 2 is 1.40 bits per heavy atom. The summed E-state index contributed by atoms with van der Waals surface area (Å²) in [6, 6.07) is 0. The second-order valence-electron chi connectivity index (χ2n) is 2.46. The Labute approximate surface area is 79.3 Å². The van der Waals surface area contributed by atoms with Crippen LogP contribution in [0.1, 0.15) is 45.4 Å². The largest absolute Gasteiger partial charge is 0.147 e. The highest BCUT2D eigenvalue weighted by molar-refractivity contribution is 9.09. The van der Waals surface area contributed by atoms with Crippen molar-refractivity contribution in [2.75, 3.05) is 5.33 Å². The van der Waals surface area contributed by atoms with Crippen LogP contribution in [0.25, 0.3) is 0 Å². The van der Waals surface area contributed by atoms with Crippen molar-refractivity contribution in [3.63, 3.8) is 0 Å². The zero-order valence-electron chi connectivity index (χ0n) is 6.74. The first-order chi connectivity index (χ1) is 4.41. The fraction of sp³-hybridized carbons (Fsp3) is 1.00. The van der Waals surface area contributed by atoms with Crippen molar-refractivity contribution in [1.29, 1.82) is 0 Å². The Hall–Kier alpha value is 0.770. The van der Waals surface area contributed by atoms with E-state index < -0.39 is 0 Å². The van der Waals surface area contributed by atoms with Gasteiger partial charge in [-0.3, -0.25) is 0 Å². The Bertz CT molecular complexity index is 42.5. The lowest BCUT2D eigenvalue weighted by Gasteiger charge is -1.95. The van der Waals surface area contributed by atoms with E-state index in [2.05, 4.69) is 22.9 Å². The van der Waals surface area contributed by atoms with E-state index in [1.807, 2.05) is 0 Å². The lowest BCUT2D eigenvalue weighted by atomic mass is 10.1. The van der Waals surface area contributed by atoms with Crippen molar-refractivity contribution in [2.24, 2.45) is 0 Å². The van der Waals surface area contributed by atoms with Crippen LogP contribution in [0, 0.1) is 0 Å². The maximum atomic E-state index is 3.42. The van der Waals surface area contributed by atoms with Crippen LogP contribution in [0.4, 0.5) is 0 Å². The molecule has 0 atom stereocenters. The van der Waals surface area contributed by atoms with Crippen molar-refractivity contribution >= 4 is 28.3 Å². The van der Waals surface area contributed by atoms with E-state index >= 15 is 0 Å². The molecule has 0 aliphatic heterocycles. The molecule has 0 radical (unpaired) electrons. The summed E-state index contributed by atoms with van der Waals surface area (Å²) < 4.78 is 0. The van der Waals surface area contributed by atoms with Gasteiger partial charge in [-0.15, -0.1) is 12.4 Å². The van der Waals surface area contributed by atoms with Gasteiger partial charge in [-0.05, 0) is 6.42 Å². The molecule has 0 aromatic carbocycles. The van der Waals surface area contributed by atoms with Crippen LogP contribution in [0.5, 0.6) is 0 Å². The molecule has 0 saturated carbocycles. The van der Waals surface area contributed by atoms with Crippen LogP contribution in [-0.2, 0) is 0 Å². The monoisotopic (exact) mass is 228 g/mol. The van der Waals surface area contributed by atoms with E-state index in [1.54, 1.807) is 0 Å². The molecule has 10 heavy (non-hydrogen) atoms. The number of halogens is 2. The zero-order valence-corrected chi connectivity index (χ0v) is 9.14. The molecular formula is C8H18BrCl. The molecule has 0 spiro atoms. The SMILES string of the molecule is CCCCCCCCBr.Cl. The van der Waals surface area contributed by atoms with Crippen LogP contribution < -0.4 is 0 Å².